The summed E-state index contributed by atoms with van der Waals surface area (Å²) >= 11 is 5.34. The number of halogens is 4. The maximum atomic E-state index is 12.8. The maximum absolute atomic E-state index is 12.8. The van der Waals surface area contributed by atoms with Gasteiger partial charge in [0, 0.05) is 11.5 Å². The van der Waals surface area contributed by atoms with Crippen molar-refractivity contribution in [1.82, 2.24) is 4.98 Å². The first kappa shape index (κ1) is 19.0. The first-order chi connectivity index (χ1) is 12.7. The van der Waals surface area contributed by atoms with Crippen molar-refractivity contribution in [1.29, 1.82) is 0 Å². The molecule has 1 heterocycles. The minimum Gasteiger partial charge on any atom is -0.482 e. The van der Waals surface area contributed by atoms with Gasteiger partial charge in [0.1, 0.15) is 11.5 Å². The zero-order valence-electron chi connectivity index (χ0n) is 14.0. The van der Waals surface area contributed by atoms with Crippen molar-refractivity contribution in [2.24, 2.45) is 0 Å². The zero-order valence-corrected chi connectivity index (χ0v) is 14.7. The van der Waals surface area contributed by atoms with Gasteiger partial charge in [-0.15, -0.1) is 0 Å². The molecule has 27 heavy (non-hydrogen) atoms. The fraction of sp³-hybridized carbons (Fsp3) is 0.158. The van der Waals surface area contributed by atoms with Crippen LogP contribution < -0.4 is 9.47 Å². The highest BCUT2D eigenvalue weighted by atomic mass is 35.5. The molecule has 0 fully saturated rings. The summed E-state index contributed by atoms with van der Waals surface area (Å²) in [4.78, 5) is 15.2. The summed E-state index contributed by atoms with van der Waals surface area (Å²) in [5.74, 6) is 1.13. The molecule has 8 heteroatoms. The molecule has 0 amide bonds. The molecule has 1 aromatic heterocycles. The summed E-state index contributed by atoms with van der Waals surface area (Å²) in [6.07, 6.45) is -5.18. The molecule has 0 N–H and O–H groups in total. The van der Waals surface area contributed by atoms with Crippen LogP contribution >= 0.6 is 11.6 Å². The largest absolute Gasteiger partial charge is 0.482 e. The second kappa shape index (κ2) is 7.44. The van der Waals surface area contributed by atoms with Crippen LogP contribution in [0.25, 0.3) is 10.9 Å². The number of pyridine rings is 1. The van der Waals surface area contributed by atoms with Crippen LogP contribution in [0.4, 0.5) is 13.2 Å². The average molecular weight is 396 g/mol. The molecule has 0 radical (unpaired) electrons. The maximum Gasteiger partial charge on any atom is 0.416 e. The second-order valence-electron chi connectivity index (χ2n) is 5.69. The molecule has 3 rings (SSSR count). The smallest absolute Gasteiger partial charge is 0.416 e. The molecule has 0 aliphatic rings. The Labute approximate surface area is 157 Å². The highest BCUT2D eigenvalue weighted by Gasteiger charge is 2.30. The highest BCUT2D eigenvalue weighted by Crippen LogP contribution is 2.32. The van der Waals surface area contributed by atoms with Gasteiger partial charge < -0.3 is 9.47 Å². The van der Waals surface area contributed by atoms with Crippen LogP contribution in [0.15, 0.2) is 54.6 Å². The molecular formula is C19H13ClF3NO3. The third-order valence-corrected chi connectivity index (χ3v) is 3.98. The Morgan fingerprint density at radius 1 is 1.04 bits per heavy atom. The van der Waals surface area contributed by atoms with Gasteiger partial charge in [0.05, 0.1) is 11.1 Å². The molecule has 3 aromatic rings. The fourth-order valence-electron chi connectivity index (χ4n) is 2.30. The van der Waals surface area contributed by atoms with E-state index in [4.69, 9.17) is 21.1 Å². The molecule has 0 saturated heterocycles. The van der Waals surface area contributed by atoms with Crippen molar-refractivity contribution in [2.75, 3.05) is 0 Å². The summed E-state index contributed by atoms with van der Waals surface area (Å²) in [5.41, 5.74) is -0.347. The Kier molecular flexibility index (Phi) is 5.23. The Morgan fingerprint density at radius 2 is 1.70 bits per heavy atom. The van der Waals surface area contributed by atoms with E-state index in [0.717, 1.165) is 12.1 Å². The Hall–Kier alpha value is -2.80. The van der Waals surface area contributed by atoms with E-state index in [0.29, 0.717) is 22.4 Å². The van der Waals surface area contributed by atoms with E-state index in [2.05, 4.69) is 4.98 Å². The van der Waals surface area contributed by atoms with Crippen molar-refractivity contribution >= 4 is 27.7 Å². The van der Waals surface area contributed by atoms with Crippen molar-refractivity contribution in [3.05, 3.63) is 60.2 Å². The van der Waals surface area contributed by atoms with Gasteiger partial charge in [-0.05, 0) is 67.1 Å². The van der Waals surface area contributed by atoms with E-state index in [-0.39, 0.29) is 5.88 Å². The molecule has 0 spiro atoms. The number of aromatic nitrogens is 1. The molecule has 0 aliphatic heterocycles. The number of ether oxygens (including phenoxy) is 2. The third-order valence-electron chi connectivity index (χ3n) is 3.67. The summed E-state index contributed by atoms with van der Waals surface area (Å²) in [5, 5.41) is -0.245. The Bertz CT molecular complexity index is 974. The van der Waals surface area contributed by atoms with E-state index < -0.39 is 23.1 Å². The lowest BCUT2D eigenvalue weighted by atomic mass is 10.1. The van der Waals surface area contributed by atoms with Crippen molar-refractivity contribution in [3.63, 3.8) is 0 Å². The van der Waals surface area contributed by atoms with Crippen LogP contribution in [-0.4, -0.2) is 16.3 Å². The van der Waals surface area contributed by atoms with E-state index in [9.17, 15) is 18.0 Å². The normalized spacial score (nSPS) is 12.6. The average Bonchev–Trinajstić information content (AvgIpc) is 2.62. The number of fused-ring (bicyclic) bond motifs is 1. The number of nitrogens with zero attached hydrogens (tertiary/aromatic N) is 1. The summed E-state index contributed by atoms with van der Waals surface area (Å²) in [6, 6.07) is 12.7. The number of benzene rings is 2. The molecule has 1 unspecified atom stereocenters. The molecule has 140 valence electrons. The predicted octanol–water partition coefficient (Wildman–Crippen LogP) is 5.58. The SMILES string of the molecule is CC(Oc1ccc(Oc2ccc3cc(C(F)(F)F)ccc3n2)cc1)C(=O)Cl. The van der Waals surface area contributed by atoms with Crippen LogP contribution in [0.5, 0.6) is 17.4 Å². The van der Waals surface area contributed by atoms with Gasteiger partial charge in [0.2, 0.25) is 5.88 Å². The van der Waals surface area contributed by atoms with Crippen LogP contribution in [0.2, 0.25) is 0 Å². The molecule has 2 aromatic carbocycles. The van der Waals surface area contributed by atoms with Gasteiger partial charge in [0.25, 0.3) is 5.24 Å². The third kappa shape index (κ3) is 4.68. The second-order valence-corrected chi connectivity index (χ2v) is 6.06. The highest BCUT2D eigenvalue weighted by molar-refractivity contribution is 6.64. The van der Waals surface area contributed by atoms with Gasteiger partial charge >= 0.3 is 6.18 Å². The minimum absolute atomic E-state index is 0.236. The fourth-order valence-corrected chi connectivity index (χ4v) is 2.34. The molecule has 0 aliphatic carbocycles. The van der Waals surface area contributed by atoms with Gasteiger partial charge in [-0.25, -0.2) is 4.98 Å². The summed E-state index contributed by atoms with van der Waals surface area (Å²) in [6.45, 7) is 1.53. The number of alkyl halides is 3. The van der Waals surface area contributed by atoms with Crippen molar-refractivity contribution < 1.29 is 27.4 Å². The van der Waals surface area contributed by atoms with Crippen molar-refractivity contribution in [2.45, 2.75) is 19.2 Å². The van der Waals surface area contributed by atoms with Crippen molar-refractivity contribution in [3.8, 4) is 17.4 Å². The molecule has 0 saturated carbocycles. The van der Waals surface area contributed by atoms with Gasteiger partial charge in [0.15, 0.2) is 6.10 Å². The molecule has 1 atom stereocenters. The summed E-state index contributed by atoms with van der Waals surface area (Å²) in [7, 11) is 0. The lowest BCUT2D eigenvalue weighted by molar-refractivity contribution is -0.137. The standard InChI is InChI=1S/C19H13ClF3NO3/c1-11(18(20)25)26-14-4-6-15(7-5-14)27-17-9-2-12-10-13(19(21,22)23)3-8-16(12)24-17/h2-11H,1H3. The van der Waals surface area contributed by atoms with E-state index in [1.165, 1.54) is 25.1 Å². The zero-order chi connectivity index (χ0) is 19.6. The van der Waals surface area contributed by atoms with Crippen LogP contribution in [-0.2, 0) is 11.0 Å². The van der Waals surface area contributed by atoms with Gasteiger partial charge in [-0.1, -0.05) is 0 Å². The quantitative estimate of drug-likeness (QED) is 0.529. The van der Waals surface area contributed by atoms with E-state index >= 15 is 0 Å². The number of carbonyl (C=O) groups excluding carboxylic acids is 1. The van der Waals surface area contributed by atoms with E-state index in [1.54, 1.807) is 24.3 Å². The monoisotopic (exact) mass is 395 g/mol. The molecule has 0 bridgehead atoms. The Balaban J connectivity index is 1.75. The number of hydrogen-bond acceptors (Lipinski definition) is 4. The number of carbonyl (C=O) groups is 1. The molecule has 4 nitrogen and oxygen atoms in total. The lowest BCUT2D eigenvalue weighted by Gasteiger charge is -2.11. The van der Waals surface area contributed by atoms with E-state index in [1.807, 2.05) is 0 Å². The minimum atomic E-state index is -4.40. The van der Waals surface area contributed by atoms with Gasteiger partial charge in [-0.2, -0.15) is 13.2 Å². The van der Waals surface area contributed by atoms with Crippen LogP contribution in [0.3, 0.4) is 0 Å². The first-order valence-corrected chi connectivity index (χ1v) is 8.22. The first-order valence-electron chi connectivity index (χ1n) is 7.84. The predicted molar refractivity (Wildman–Crippen MR) is 94.2 cm³/mol. The van der Waals surface area contributed by atoms with Crippen LogP contribution in [0, 0.1) is 0 Å². The van der Waals surface area contributed by atoms with Gasteiger partial charge in [-0.3, -0.25) is 4.79 Å². The Morgan fingerprint density at radius 3 is 2.33 bits per heavy atom. The molecular weight excluding hydrogens is 383 g/mol. The van der Waals surface area contributed by atoms with Crippen LogP contribution in [0.1, 0.15) is 12.5 Å². The summed E-state index contributed by atoms with van der Waals surface area (Å²) < 4.78 is 49.2. The lowest BCUT2D eigenvalue weighted by Crippen LogP contribution is -2.18. The topological polar surface area (TPSA) is 48.4 Å². The number of hydrogen-bond donors (Lipinski definition) is 0. The number of rotatable bonds is 5.